The number of amides is 1. The van der Waals surface area contributed by atoms with Gasteiger partial charge in [0.15, 0.2) is 10.7 Å². The first-order valence-corrected chi connectivity index (χ1v) is 3.92. The highest BCUT2D eigenvalue weighted by Crippen LogP contribution is 2.01. The Hall–Kier alpha value is -1.30. The van der Waals surface area contributed by atoms with E-state index in [4.69, 9.17) is 5.73 Å². The third-order valence-electron chi connectivity index (χ3n) is 1.15. The van der Waals surface area contributed by atoms with Crippen molar-refractivity contribution in [2.45, 2.75) is 5.03 Å². The largest absolute Gasteiger partial charge is 0.351 e. The smallest absolute Gasteiger partial charge is 0.323 e. The van der Waals surface area contributed by atoms with Crippen LogP contribution in [0.5, 0.6) is 0 Å². The lowest BCUT2D eigenvalue weighted by atomic mass is 10.7. The summed E-state index contributed by atoms with van der Waals surface area (Å²) in [6.45, 7) is 0. The molecule has 5 nitrogen and oxygen atoms in total. The summed E-state index contributed by atoms with van der Waals surface area (Å²) in [4.78, 5) is 10.5. The Morgan fingerprint density at radius 2 is 2.18 bits per heavy atom. The quantitative estimate of drug-likeness (QED) is 0.557. The van der Waals surface area contributed by atoms with Crippen LogP contribution in [0.15, 0.2) is 23.4 Å². The van der Waals surface area contributed by atoms with E-state index in [2.05, 4.69) is 0 Å². The van der Waals surface area contributed by atoms with Gasteiger partial charge in [-0.2, -0.15) is 0 Å². The number of nitrogens with two attached hydrogens (primary N) is 1. The number of nitrogens with zero attached hydrogens (tertiary/aromatic N) is 1. The van der Waals surface area contributed by atoms with Gasteiger partial charge in [0.1, 0.15) is 5.03 Å². The van der Waals surface area contributed by atoms with Gasteiger partial charge >= 0.3 is 6.03 Å². The molecule has 0 bridgehead atoms. The molecule has 60 valence electrons. The van der Waals surface area contributed by atoms with Gasteiger partial charge in [0.25, 0.3) is 0 Å². The van der Waals surface area contributed by atoms with Gasteiger partial charge in [-0.1, -0.05) is 0 Å². The van der Waals surface area contributed by atoms with Crippen molar-refractivity contribution in [3.05, 3.63) is 18.3 Å². The van der Waals surface area contributed by atoms with Crippen LogP contribution >= 0.6 is 0 Å². The summed E-state index contributed by atoms with van der Waals surface area (Å²) in [7, 11) is -2.75. The van der Waals surface area contributed by atoms with Crippen molar-refractivity contribution in [2.75, 3.05) is 0 Å². The van der Waals surface area contributed by atoms with E-state index in [1.165, 1.54) is 18.3 Å². The minimum absolute atomic E-state index is 0.0903. The van der Waals surface area contributed by atoms with Crippen LogP contribution in [0.25, 0.3) is 0 Å². The highest BCUT2D eigenvalue weighted by molar-refractivity contribution is 7.72. The number of primary amides is 1. The first-order valence-electron chi connectivity index (χ1n) is 2.74. The molecular weight excluding hydrogens is 168 g/mol. The molecule has 0 fully saturated rings. The lowest BCUT2D eigenvalue weighted by molar-refractivity contribution is 0.248. The predicted molar refractivity (Wildman–Crippen MR) is 38.0 cm³/mol. The maximum atomic E-state index is 10.5. The van der Waals surface area contributed by atoms with Gasteiger partial charge < -0.3 is 5.73 Å². The van der Waals surface area contributed by atoms with E-state index in [1.54, 1.807) is 0 Å². The fraction of sp³-hybridized carbons (Fsp3) is 0. The number of hydrogen-bond donors (Lipinski definition) is 2. The lowest BCUT2D eigenvalue weighted by Crippen LogP contribution is -2.19. The van der Waals surface area contributed by atoms with E-state index >= 15 is 0 Å². The van der Waals surface area contributed by atoms with E-state index in [0.29, 0.717) is 0 Å². The lowest BCUT2D eigenvalue weighted by Gasteiger charge is -1.95. The molecule has 6 heteroatoms. The van der Waals surface area contributed by atoms with Gasteiger partial charge in [-0.25, -0.2) is 13.2 Å². The molecule has 1 amide bonds. The summed E-state index contributed by atoms with van der Waals surface area (Å²) in [5.74, 6) is 0. The average molecular weight is 174 g/mol. The van der Waals surface area contributed by atoms with E-state index in [-0.39, 0.29) is 5.03 Å². The second-order valence-corrected chi connectivity index (χ2v) is 2.80. The second kappa shape index (κ2) is 2.75. The van der Waals surface area contributed by atoms with Gasteiger partial charge in [-0.15, -0.1) is 0 Å². The molecule has 11 heavy (non-hydrogen) atoms. The van der Waals surface area contributed by atoms with Crippen molar-refractivity contribution in [1.29, 1.82) is 0 Å². The Morgan fingerprint density at radius 1 is 1.55 bits per heavy atom. The molecule has 0 aliphatic rings. The van der Waals surface area contributed by atoms with Gasteiger partial charge in [0.05, 0.1) is 0 Å². The van der Waals surface area contributed by atoms with Gasteiger partial charge in [-0.3, -0.25) is 4.57 Å². The normalized spacial score (nSPS) is 10.3. The van der Waals surface area contributed by atoms with Crippen LogP contribution in [-0.2, 0) is 10.7 Å². The second-order valence-electron chi connectivity index (χ2n) is 1.83. The zero-order chi connectivity index (χ0) is 8.43. The van der Waals surface area contributed by atoms with Crippen LogP contribution in [0.1, 0.15) is 0 Å². The van der Waals surface area contributed by atoms with Crippen molar-refractivity contribution < 1.29 is 13.2 Å². The van der Waals surface area contributed by atoms with Gasteiger partial charge in [0, 0.05) is 6.20 Å². The summed E-state index contributed by atoms with van der Waals surface area (Å²) < 4.78 is 21.7. The Labute approximate surface area is 64.4 Å². The van der Waals surface area contributed by atoms with Crippen LogP contribution in [0.4, 0.5) is 4.79 Å². The molecule has 1 rings (SSSR count). The molecule has 1 heterocycles. The Bertz CT molecular complexity index is 344. The minimum Gasteiger partial charge on any atom is -0.351 e. The molecule has 0 unspecified atom stereocenters. The third kappa shape index (κ3) is 1.40. The number of rotatable bonds is 1. The Morgan fingerprint density at radius 3 is 2.55 bits per heavy atom. The molecule has 1 aromatic rings. The van der Waals surface area contributed by atoms with E-state index < -0.39 is 16.7 Å². The fourth-order valence-corrected chi connectivity index (χ4v) is 1.26. The molecule has 0 saturated heterocycles. The molecular formula is C5H6N2O3S. The topological polar surface area (TPSA) is 82.2 Å². The van der Waals surface area contributed by atoms with Crippen molar-refractivity contribution in [1.82, 2.24) is 4.57 Å². The first kappa shape index (κ1) is 7.80. The monoisotopic (exact) mass is 174 g/mol. The molecule has 0 spiro atoms. The Balaban J connectivity index is 3.27. The van der Waals surface area contributed by atoms with Crippen LogP contribution in [0.3, 0.4) is 0 Å². The highest BCUT2D eigenvalue weighted by atomic mass is 32.2. The van der Waals surface area contributed by atoms with E-state index in [0.717, 1.165) is 4.57 Å². The molecule has 0 atom stereocenters. The maximum absolute atomic E-state index is 10.5. The summed E-state index contributed by atoms with van der Waals surface area (Å²) in [6, 6.07) is 1.94. The van der Waals surface area contributed by atoms with Crippen LogP contribution in [-0.4, -0.2) is 19.0 Å². The molecule has 1 aromatic heterocycles. The molecule has 0 aliphatic heterocycles. The average Bonchev–Trinajstić information content (AvgIpc) is 2.32. The van der Waals surface area contributed by atoms with Crippen molar-refractivity contribution in [3.8, 4) is 0 Å². The highest BCUT2D eigenvalue weighted by Gasteiger charge is 2.05. The van der Waals surface area contributed by atoms with E-state index in [1.807, 2.05) is 0 Å². The third-order valence-corrected chi connectivity index (χ3v) is 1.89. The van der Waals surface area contributed by atoms with Crippen molar-refractivity contribution in [2.24, 2.45) is 5.73 Å². The van der Waals surface area contributed by atoms with Gasteiger partial charge in [0.2, 0.25) is 0 Å². The summed E-state index contributed by atoms with van der Waals surface area (Å²) in [5.41, 5.74) is 4.85. The molecule has 0 aliphatic carbocycles. The first-order chi connectivity index (χ1) is 5.13. The summed E-state index contributed by atoms with van der Waals surface area (Å²) in [5, 5.41) is -0.0903. The standard InChI is InChI=1S/C5H6N2O3S/c6-5(8)7-3-1-2-4(7)11(9)10/h1-3,11H,(H2,6,8). The van der Waals surface area contributed by atoms with Gasteiger partial charge in [-0.05, 0) is 12.1 Å². The molecule has 0 saturated carbocycles. The number of thiol groups is 1. The fourth-order valence-electron chi connectivity index (χ4n) is 0.707. The molecule has 0 radical (unpaired) electrons. The summed E-state index contributed by atoms with van der Waals surface area (Å²) in [6.07, 6.45) is 1.29. The van der Waals surface area contributed by atoms with Crippen molar-refractivity contribution in [3.63, 3.8) is 0 Å². The molecule has 2 N–H and O–H groups in total. The summed E-state index contributed by atoms with van der Waals surface area (Å²) >= 11 is 0. The van der Waals surface area contributed by atoms with Crippen LogP contribution in [0, 0.1) is 0 Å². The zero-order valence-electron chi connectivity index (χ0n) is 5.43. The van der Waals surface area contributed by atoms with Crippen LogP contribution < -0.4 is 5.73 Å². The number of carbonyl (C=O) groups is 1. The SMILES string of the molecule is NC(=O)n1cccc1[SH](=O)=O. The predicted octanol–water partition coefficient (Wildman–Crippen LogP) is -0.615. The van der Waals surface area contributed by atoms with Crippen molar-refractivity contribution >= 4 is 16.7 Å². The number of hydrogen-bond acceptors (Lipinski definition) is 3. The van der Waals surface area contributed by atoms with Crippen LogP contribution in [0.2, 0.25) is 0 Å². The zero-order valence-corrected chi connectivity index (χ0v) is 6.32. The maximum Gasteiger partial charge on any atom is 0.323 e. The number of aromatic nitrogens is 1. The minimum atomic E-state index is -2.75. The molecule has 0 aromatic carbocycles. The van der Waals surface area contributed by atoms with E-state index in [9.17, 15) is 13.2 Å². The Kier molecular flexibility index (Phi) is 1.95. The number of carbonyl (C=O) groups excluding carboxylic acids is 1.